The molecule has 4 rings (SSSR count). The zero-order chi connectivity index (χ0) is 20.1. The lowest BCUT2D eigenvalue weighted by Gasteiger charge is -2.24. The first kappa shape index (κ1) is 19.9. The Kier molecular flexibility index (Phi) is 6.48. The summed E-state index contributed by atoms with van der Waals surface area (Å²) in [4.78, 5) is 28.8. The molecule has 1 N–H and O–H groups in total. The van der Waals surface area contributed by atoms with E-state index in [-0.39, 0.29) is 11.9 Å². The van der Waals surface area contributed by atoms with Gasteiger partial charge in [-0.2, -0.15) is 0 Å². The van der Waals surface area contributed by atoms with Gasteiger partial charge in [0.1, 0.15) is 10.7 Å². The third kappa shape index (κ3) is 4.63. The molecule has 3 aromatic rings. The molecule has 1 unspecified atom stereocenters. The van der Waals surface area contributed by atoms with Crippen molar-refractivity contribution < 1.29 is 9.53 Å². The summed E-state index contributed by atoms with van der Waals surface area (Å²) in [5.74, 6) is 0.804. The van der Waals surface area contributed by atoms with Gasteiger partial charge in [-0.1, -0.05) is 6.07 Å². The van der Waals surface area contributed by atoms with Gasteiger partial charge in [0, 0.05) is 60.9 Å². The number of nitrogens with one attached hydrogen (secondary N) is 1. The van der Waals surface area contributed by atoms with Gasteiger partial charge in [-0.15, -0.1) is 22.7 Å². The number of nitrogens with zero attached hydrogens (tertiary/aromatic N) is 4. The number of amides is 1. The van der Waals surface area contributed by atoms with Gasteiger partial charge in [-0.05, 0) is 24.3 Å². The Morgan fingerprint density at radius 2 is 2.24 bits per heavy atom. The van der Waals surface area contributed by atoms with Crippen LogP contribution in [0.4, 0.5) is 5.95 Å². The molecule has 1 atom stereocenters. The fourth-order valence-electron chi connectivity index (χ4n) is 3.52. The molecule has 0 aromatic carbocycles. The summed E-state index contributed by atoms with van der Waals surface area (Å²) in [6.07, 6.45) is 6.03. The van der Waals surface area contributed by atoms with E-state index in [2.05, 4.69) is 21.4 Å². The smallest absolute Gasteiger partial charge is 0.223 e. The van der Waals surface area contributed by atoms with E-state index in [1.165, 1.54) is 0 Å². The van der Waals surface area contributed by atoms with Gasteiger partial charge in [-0.25, -0.2) is 15.0 Å². The van der Waals surface area contributed by atoms with Crippen LogP contribution >= 0.6 is 22.7 Å². The second-order valence-corrected chi connectivity index (χ2v) is 8.60. The number of hydrogen-bond acceptors (Lipinski definition) is 8. The predicted molar refractivity (Wildman–Crippen MR) is 116 cm³/mol. The highest BCUT2D eigenvalue weighted by Crippen LogP contribution is 2.34. The van der Waals surface area contributed by atoms with Gasteiger partial charge in [-0.3, -0.25) is 4.79 Å². The lowest BCUT2D eigenvalue weighted by atomic mass is 10.1. The number of anilines is 1. The van der Waals surface area contributed by atoms with Crippen molar-refractivity contribution in [3.63, 3.8) is 0 Å². The lowest BCUT2D eigenvalue weighted by Crippen LogP contribution is -2.36. The predicted octanol–water partition coefficient (Wildman–Crippen LogP) is 3.77. The Balaban J connectivity index is 1.44. The standard InChI is InChI=1S/C20H23N5O2S2/c1-27-10-9-25-14(4-5-17(25)26)6-7-22-20-23-13-15(16-3-2-11-28-16)18(24-20)19-21-8-12-29-19/h2-3,8,11-14H,4-7,9-10H2,1H3,(H,22,23,24). The Hall–Kier alpha value is -2.36. The molecule has 0 aliphatic carbocycles. The Bertz CT molecular complexity index is 931. The van der Waals surface area contributed by atoms with Crippen LogP contribution in [0.25, 0.3) is 21.1 Å². The molecule has 1 fully saturated rings. The fraction of sp³-hybridized carbons (Fsp3) is 0.400. The van der Waals surface area contributed by atoms with E-state index >= 15 is 0 Å². The van der Waals surface area contributed by atoms with E-state index in [1.807, 2.05) is 27.9 Å². The van der Waals surface area contributed by atoms with Crippen LogP contribution in [0.3, 0.4) is 0 Å². The molecule has 0 saturated carbocycles. The van der Waals surface area contributed by atoms with Crippen molar-refractivity contribution in [2.45, 2.75) is 25.3 Å². The number of methoxy groups -OCH3 is 1. The number of aromatic nitrogens is 3. The Morgan fingerprint density at radius 1 is 1.31 bits per heavy atom. The van der Waals surface area contributed by atoms with Gasteiger partial charge in [0.15, 0.2) is 0 Å². The Morgan fingerprint density at radius 3 is 3.00 bits per heavy atom. The number of thiazole rings is 1. The van der Waals surface area contributed by atoms with Crippen LogP contribution in [-0.2, 0) is 9.53 Å². The highest BCUT2D eigenvalue weighted by Gasteiger charge is 2.30. The molecule has 7 nitrogen and oxygen atoms in total. The highest BCUT2D eigenvalue weighted by atomic mass is 32.1. The van der Waals surface area contributed by atoms with Crippen LogP contribution < -0.4 is 5.32 Å². The minimum absolute atomic E-state index is 0.217. The van der Waals surface area contributed by atoms with E-state index in [1.54, 1.807) is 36.0 Å². The van der Waals surface area contributed by atoms with Crippen LogP contribution in [-0.4, -0.2) is 58.6 Å². The number of likely N-dealkylation sites (tertiary alicyclic amines) is 1. The van der Waals surface area contributed by atoms with Crippen molar-refractivity contribution in [1.82, 2.24) is 19.9 Å². The van der Waals surface area contributed by atoms with Crippen LogP contribution in [0.2, 0.25) is 0 Å². The summed E-state index contributed by atoms with van der Waals surface area (Å²) in [5.41, 5.74) is 1.84. The van der Waals surface area contributed by atoms with Crippen LogP contribution in [0.5, 0.6) is 0 Å². The van der Waals surface area contributed by atoms with E-state index in [4.69, 9.17) is 9.72 Å². The monoisotopic (exact) mass is 429 g/mol. The molecule has 9 heteroatoms. The minimum atomic E-state index is 0.217. The molecule has 152 valence electrons. The van der Waals surface area contributed by atoms with Crippen LogP contribution in [0, 0.1) is 0 Å². The molecule has 0 bridgehead atoms. The fourth-order valence-corrected chi connectivity index (χ4v) is 4.90. The van der Waals surface area contributed by atoms with Crippen molar-refractivity contribution in [1.29, 1.82) is 0 Å². The topological polar surface area (TPSA) is 80.2 Å². The molecule has 0 spiro atoms. The van der Waals surface area contributed by atoms with E-state index in [9.17, 15) is 4.79 Å². The molecular formula is C20H23N5O2S2. The molecule has 1 aliphatic rings. The van der Waals surface area contributed by atoms with Crippen molar-refractivity contribution in [2.24, 2.45) is 0 Å². The minimum Gasteiger partial charge on any atom is -0.383 e. The molecule has 1 saturated heterocycles. The highest BCUT2D eigenvalue weighted by molar-refractivity contribution is 7.14. The number of rotatable bonds is 9. The third-order valence-electron chi connectivity index (χ3n) is 4.96. The maximum atomic E-state index is 12.1. The van der Waals surface area contributed by atoms with Crippen LogP contribution in [0.15, 0.2) is 35.3 Å². The first-order valence-corrected chi connectivity index (χ1v) is 11.3. The van der Waals surface area contributed by atoms with Gasteiger partial charge < -0.3 is 15.0 Å². The van der Waals surface area contributed by atoms with Gasteiger partial charge in [0.05, 0.1) is 6.61 Å². The van der Waals surface area contributed by atoms with Crippen molar-refractivity contribution in [3.05, 3.63) is 35.3 Å². The first-order valence-electron chi connectivity index (χ1n) is 9.59. The average molecular weight is 430 g/mol. The Labute approximate surface area is 177 Å². The summed E-state index contributed by atoms with van der Waals surface area (Å²) >= 11 is 3.23. The quantitative estimate of drug-likeness (QED) is 0.558. The zero-order valence-corrected chi connectivity index (χ0v) is 17.8. The molecular weight excluding hydrogens is 406 g/mol. The molecule has 1 aliphatic heterocycles. The van der Waals surface area contributed by atoms with Gasteiger partial charge in [0.25, 0.3) is 0 Å². The van der Waals surface area contributed by atoms with Crippen LogP contribution in [0.1, 0.15) is 19.3 Å². The van der Waals surface area contributed by atoms with Gasteiger partial charge >= 0.3 is 0 Å². The summed E-state index contributed by atoms with van der Waals surface area (Å²) in [7, 11) is 1.66. The number of hydrogen-bond donors (Lipinski definition) is 1. The first-order chi connectivity index (χ1) is 14.3. The summed E-state index contributed by atoms with van der Waals surface area (Å²) in [6.45, 7) is 1.93. The number of carbonyl (C=O) groups excluding carboxylic acids is 1. The van der Waals surface area contributed by atoms with E-state index in [0.29, 0.717) is 32.1 Å². The van der Waals surface area contributed by atoms with Crippen molar-refractivity contribution in [2.75, 3.05) is 32.1 Å². The van der Waals surface area contributed by atoms with Gasteiger partial charge in [0.2, 0.25) is 11.9 Å². The third-order valence-corrected chi connectivity index (χ3v) is 6.64. The maximum Gasteiger partial charge on any atom is 0.223 e. The summed E-state index contributed by atoms with van der Waals surface area (Å²) in [5, 5.41) is 8.21. The number of ether oxygens (including phenoxy) is 1. The van der Waals surface area contributed by atoms with E-state index in [0.717, 1.165) is 34.0 Å². The van der Waals surface area contributed by atoms with E-state index < -0.39 is 0 Å². The summed E-state index contributed by atoms with van der Waals surface area (Å²) in [6, 6.07) is 4.34. The zero-order valence-electron chi connectivity index (χ0n) is 16.2. The molecule has 1 amide bonds. The lowest BCUT2D eigenvalue weighted by molar-refractivity contribution is -0.129. The number of thiophene rings is 1. The normalized spacial score (nSPS) is 16.5. The largest absolute Gasteiger partial charge is 0.383 e. The van der Waals surface area contributed by atoms with Crippen molar-refractivity contribution >= 4 is 34.5 Å². The van der Waals surface area contributed by atoms with Crippen molar-refractivity contribution in [3.8, 4) is 21.1 Å². The second kappa shape index (κ2) is 9.43. The molecule has 4 heterocycles. The second-order valence-electron chi connectivity index (χ2n) is 6.76. The molecule has 29 heavy (non-hydrogen) atoms. The summed E-state index contributed by atoms with van der Waals surface area (Å²) < 4.78 is 5.13. The maximum absolute atomic E-state index is 12.1. The number of carbonyl (C=O) groups is 1. The SMILES string of the molecule is COCCN1C(=O)CCC1CCNc1ncc(-c2cccs2)c(-c2nccs2)n1. The molecule has 0 radical (unpaired) electrons. The average Bonchev–Trinajstić information content (AvgIpc) is 3.50. The molecule has 3 aromatic heterocycles.